The van der Waals surface area contributed by atoms with Gasteiger partial charge >= 0.3 is 0 Å². The van der Waals surface area contributed by atoms with Gasteiger partial charge in [0.2, 0.25) is 5.91 Å². The maximum absolute atomic E-state index is 11.8. The smallest absolute Gasteiger partial charge is 0.220 e. The largest absolute Gasteiger partial charge is 0.351 e. The van der Waals surface area contributed by atoms with Crippen LogP contribution in [0.3, 0.4) is 0 Å². The Morgan fingerprint density at radius 2 is 1.94 bits per heavy atom. The lowest BCUT2D eigenvalue weighted by Crippen LogP contribution is -2.43. The van der Waals surface area contributed by atoms with Gasteiger partial charge in [-0.15, -0.1) is 0 Å². The highest BCUT2D eigenvalue weighted by Gasteiger charge is 2.20. The average Bonchev–Trinajstić information content (AvgIpc) is 2.15. The molecule has 0 aromatic rings. The lowest BCUT2D eigenvalue weighted by molar-refractivity contribution is -0.123. The Bertz CT molecular complexity index is 212. The molecule has 16 heavy (non-hydrogen) atoms. The molecule has 0 aromatic carbocycles. The predicted molar refractivity (Wildman–Crippen MR) is 69.1 cm³/mol. The second-order valence-corrected chi connectivity index (χ2v) is 5.72. The van der Waals surface area contributed by atoms with Gasteiger partial charge in [-0.1, -0.05) is 20.8 Å². The van der Waals surface area contributed by atoms with Crippen molar-refractivity contribution < 1.29 is 4.79 Å². The standard InChI is InChI=1S/C13H28N2O/c1-6-13(4,5)15-12(16)8-11(9-14)7-10(2)3/h10-11H,6-9,14H2,1-5H3,(H,15,16). The molecule has 0 aliphatic rings. The zero-order chi connectivity index (χ0) is 12.8. The third-order valence-corrected chi connectivity index (χ3v) is 2.97. The molecular weight excluding hydrogens is 200 g/mol. The van der Waals surface area contributed by atoms with Gasteiger partial charge in [0.15, 0.2) is 0 Å². The molecule has 0 saturated carbocycles. The van der Waals surface area contributed by atoms with E-state index in [1.165, 1.54) is 0 Å². The maximum atomic E-state index is 11.8. The van der Waals surface area contributed by atoms with Crippen molar-refractivity contribution in [1.82, 2.24) is 5.32 Å². The molecule has 0 aliphatic heterocycles. The summed E-state index contributed by atoms with van der Waals surface area (Å²) < 4.78 is 0. The van der Waals surface area contributed by atoms with Crippen molar-refractivity contribution >= 4 is 5.91 Å². The first-order valence-corrected chi connectivity index (χ1v) is 6.31. The third kappa shape index (κ3) is 6.83. The van der Waals surface area contributed by atoms with Crippen LogP contribution in [0.1, 0.15) is 53.9 Å². The van der Waals surface area contributed by atoms with Crippen LogP contribution >= 0.6 is 0 Å². The van der Waals surface area contributed by atoms with Gasteiger partial charge in [-0.2, -0.15) is 0 Å². The summed E-state index contributed by atoms with van der Waals surface area (Å²) in [5.74, 6) is 1.04. The molecule has 1 unspecified atom stereocenters. The fourth-order valence-electron chi connectivity index (χ4n) is 1.71. The molecule has 96 valence electrons. The summed E-state index contributed by atoms with van der Waals surface area (Å²) in [4.78, 5) is 11.8. The van der Waals surface area contributed by atoms with Crippen LogP contribution in [0.15, 0.2) is 0 Å². The van der Waals surface area contributed by atoms with E-state index in [2.05, 4.69) is 26.1 Å². The van der Waals surface area contributed by atoms with Gasteiger partial charge in [-0.25, -0.2) is 0 Å². The highest BCUT2D eigenvalue weighted by Crippen LogP contribution is 2.15. The van der Waals surface area contributed by atoms with E-state index >= 15 is 0 Å². The van der Waals surface area contributed by atoms with Crippen LogP contribution < -0.4 is 11.1 Å². The van der Waals surface area contributed by atoms with E-state index in [1.807, 2.05) is 13.8 Å². The van der Waals surface area contributed by atoms with Crippen molar-refractivity contribution in [3.05, 3.63) is 0 Å². The summed E-state index contributed by atoms with van der Waals surface area (Å²) in [5, 5.41) is 3.05. The van der Waals surface area contributed by atoms with Gasteiger partial charge in [0.05, 0.1) is 0 Å². The molecule has 0 aromatic heterocycles. The zero-order valence-corrected chi connectivity index (χ0v) is 11.5. The average molecular weight is 228 g/mol. The van der Waals surface area contributed by atoms with Crippen molar-refractivity contribution in [2.45, 2.75) is 59.4 Å². The summed E-state index contributed by atoms with van der Waals surface area (Å²) in [5.41, 5.74) is 5.58. The number of rotatable bonds is 7. The molecular formula is C13H28N2O. The lowest BCUT2D eigenvalue weighted by atomic mass is 9.93. The number of hydrogen-bond donors (Lipinski definition) is 2. The van der Waals surface area contributed by atoms with Crippen molar-refractivity contribution in [2.75, 3.05) is 6.54 Å². The first kappa shape index (κ1) is 15.4. The third-order valence-electron chi connectivity index (χ3n) is 2.97. The topological polar surface area (TPSA) is 55.1 Å². The van der Waals surface area contributed by atoms with Crippen LogP contribution in [0.4, 0.5) is 0 Å². The van der Waals surface area contributed by atoms with Gasteiger partial charge in [0.1, 0.15) is 0 Å². The molecule has 3 N–H and O–H groups in total. The molecule has 0 fully saturated rings. The molecule has 0 saturated heterocycles. The predicted octanol–water partition coefficient (Wildman–Crippen LogP) is 2.30. The van der Waals surface area contributed by atoms with Gasteiger partial charge in [0, 0.05) is 12.0 Å². The minimum absolute atomic E-state index is 0.103. The fraction of sp³-hybridized carbons (Fsp3) is 0.923. The summed E-state index contributed by atoms with van der Waals surface area (Å²) in [6, 6.07) is 0. The number of carbonyl (C=O) groups is 1. The Hall–Kier alpha value is -0.570. The Labute approximate surface area is 100 Å². The molecule has 0 radical (unpaired) electrons. The number of hydrogen-bond acceptors (Lipinski definition) is 2. The summed E-state index contributed by atoms with van der Waals surface area (Å²) in [6.07, 6.45) is 2.52. The zero-order valence-electron chi connectivity index (χ0n) is 11.5. The van der Waals surface area contributed by atoms with Crippen molar-refractivity contribution in [2.24, 2.45) is 17.6 Å². The second kappa shape index (κ2) is 6.89. The van der Waals surface area contributed by atoms with Crippen molar-refractivity contribution in [3.63, 3.8) is 0 Å². The Balaban J connectivity index is 4.11. The highest BCUT2D eigenvalue weighted by atomic mass is 16.1. The van der Waals surface area contributed by atoms with Crippen LogP contribution in [0, 0.1) is 11.8 Å². The molecule has 0 rings (SSSR count). The first-order valence-electron chi connectivity index (χ1n) is 6.31. The molecule has 3 nitrogen and oxygen atoms in total. The molecule has 0 heterocycles. The highest BCUT2D eigenvalue weighted by molar-refractivity contribution is 5.76. The van der Waals surface area contributed by atoms with E-state index < -0.39 is 0 Å². The van der Waals surface area contributed by atoms with Gasteiger partial charge in [-0.05, 0) is 45.1 Å². The van der Waals surface area contributed by atoms with Crippen LogP contribution in [0.2, 0.25) is 0 Å². The van der Waals surface area contributed by atoms with Crippen LogP contribution in [-0.4, -0.2) is 18.0 Å². The molecule has 3 heteroatoms. The van der Waals surface area contributed by atoms with E-state index in [-0.39, 0.29) is 11.4 Å². The first-order chi connectivity index (χ1) is 7.30. The normalized spacial score (nSPS) is 13.9. The van der Waals surface area contributed by atoms with Crippen molar-refractivity contribution in [3.8, 4) is 0 Å². The minimum atomic E-state index is -0.103. The molecule has 1 amide bonds. The maximum Gasteiger partial charge on any atom is 0.220 e. The van der Waals surface area contributed by atoms with Gasteiger partial charge in [-0.3, -0.25) is 4.79 Å². The summed E-state index contributed by atoms with van der Waals surface area (Å²) >= 11 is 0. The Morgan fingerprint density at radius 1 is 1.38 bits per heavy atom. The van der Waals surface area contributed by atoms with Crippen LogP contribution in [0.25, 0.3) is 0 Å². The second-order valence-electron chi connectivity index (χ2n) is 5.72. The molecule has 0 spiro atoms. The van der Waals surface area contributed by atoms with Crippen LogP contribution in [0.5, 0.6) is 0 Å². The Kier molecular flexibility index (Phi) is 6.65. The lowest BCUT2D eigenvalue weighted by Gasteiger charge is -2.26. The summed E-state index contributed by atoms with van der Waals surface area (Å²) in [6.45, 7) is 11.1. The van der Waals surface area contributed by atoms with Gasteiger partial charge < -0.3 is 11.1 Å². The number of nitrogens with two attached hydrogens (primary N) is 1. The molecule has 1 atom stereocenters. The van der Waals surface area contributed by atoms with E-state index in [9.17, 15) is 4.79 Å². The van der Waals surface area contributed by atoms with Gasteiger partial charge in [0.25, 0.3) is 0 Å². The van der Waals surface area contributed by atoms with Crippen LogP contribution in [-0.2, 0) is 4.79 Å². The number of nitrogens with one attached hydrogen (secondary N) is 1. The van der Waals surface area contributed by atoms with E-state index in [0.29, 0.717) is 24.8 Å². The molecule has 0 bridgehead atoms. The van der Waals surface area contributed by atoms with E-state index in [1.54, 1.807) is 0 Å². The summed E-state index contributed by atoms with van der Waals surface area (Å²) in [7, 11) is 0. The minimum Gasteiger partial charge on any atom is -0.351 e. The Morgan fingerprint density at radius 3 is 2.31 bits per heavy atom. The monoisotopic (exact) mass is 228 g/mol. The SMILES string of the molecule is CCC(C)(C)NC(=O)CC(CN)CC(C)C. The number of amides is 1. The van der Waals surface area contributed by atoms with E-state index in [4.69, 9.17) is 5.73 Å². The quantitative estimate of drug-likeness (QED) is 0.702. The van der Waals surface area contributed by atoms with E-state index in [0.717, 1.165) is 12.8 Å². The number of carbonyl (C=O) groups excluding carboxylic acids is 1. The molecule has 0 aliphatic carbocycles. The van der Waals surface area contributed by atoms with Crippen molar-refractivity contribution in [1.29, 1.82) is 0 Å². The fourth-order valence-corrected chi connectivity index (χ4v) is 1.71.